The highest BCUT2D eigenvalue weighted by atomic mass is 19.1. The van der Waals surface area contributed by atoms with Gasteiger partial charge < -0.3 is 14.8 Å². The molecule has 0 aliphatic rings. The lowest BCUT2D eigenvalue weighted by Crippen LogP contribution is -2.30. The zero-order chi connectivity index (χ0) is 18.0. The smallest absolute Gasteiger partial charge is 0.270 e. The molecule has 0 fully saturated rings. The number of aryl methyl sites for hydroxylation is 2. The summed E-state index contributed by atoms with van der Waals surface area (Å²) in [6.07, 6.45) is 1.52. The van der Waals surface area contributed by atoms with E-state index < -0.39 is 17.8 Å². The van der Waals surface area contributed by atoms with Crippen molar-refractivity contribution in [2.75, 3.05) is 0 Å². The molecule has 0 unspecified atom stereocenters. The summed E-state index contributed by atoms with van der Waals surface area (Å²) in [5.74, 6) is -0.729. The van der Waals surface area contributed by atoms with Crippen molar-refractivity contribution in [1.82, 2.24) is 10.3 Å². The van der Waals surface area contributed by atoms with Crippen molar-refractivity contribution in [3.8, 4) is 5.75 Å². The standard InChI is InChI=1S/C19H17FN2O3/c1-11-8-17(25-10-11)18(14-9-13(20)6-7-16(14)23)22-19(24)15-5-3-4-12(2)21-15/h3-10,18,23H,1-2H3,(H,22,24)/t18-/m0/s1. The molecule has 3 aromatic rings. The van der Waals surface area contributed by atoms with Crippen molar-refractivity contribution < 1.29 is 18.7 Å². The van der Waals surface area contributed by atoms with Gasteiger partial charge in [-0.15, -0.1) is 0 Å². The summed E-state index contributed by atoms with van der Waals surface area (Å²) in [6.45, 7) is 3.61. The summed E-state index contributed by atoms with van der Waals surface area (Å²) in [5.41, 5.74) is 1.98. The first-order valence-electron chi connectivity index (χ1n) is 7.72. The van der Waals surface area contributed by atoms with E-state index in [9.17, 15) is 14.3 Å². The number of carbonyl (C=O) groups excluding carboxylic acids is 1. The van der Waals surface area contributed by atoms with Crippen LogP contribution in [0.5, 0.6) is 5.75 Å². The number of halogens is 1. The molecule has 0 bridgehead atoms. The lowest BCUT2D eigenvalue weighted by atomic mass is 10.0. The lowest BCUT2D eigenvalue weighted by molar-refractivity contribution is 0.0933. The van der Waals surface area contributed by atoms with Crippen LogP contribution in [0.3, 0.4) is 0 Å². The highest BCUT2D eigenvalue weighted by Crippen LogP contribution is 2.31. The number of rotatable bonds is 4. The molecule has 0 radical (unpaired) electrons. The van der Waals surface area contributed by atoms with E-state index in [1.807, 2.05) is 6.92 Å². The van der Waals surface area contributed by atoms with Crippen molar-refractivity contribution in [2.24, 2.45) is 0 Å². The monoisotopic (exact) mass is 340 g/mol. The number of hydrogen-bond acceptors (Lipinski definition) is 4. The van der Waals surface area contributed by atoms with E-state index in [4.69, 9.17) is 4.42 Å². The highest BCUT2D eigenvalue weighted by molar-refractivity contribution is 5.92. The predicted octanol–water partition coefficient (Wildman–Crippen LogP) is 3.66. The van der Waals surface area contributed by atoms with Gasteiger partial charge in [0.2, 0.25) is 0 Å². The third-order valence-electron chi connectivity index (χ3n) is 3.73. The molecule has 0 spiro atoms. The first-order valence-corrected chi connectivity index (χ1v) is 7.72. The summed E-state index contributed by atoms with van der Waals surface area (Å²) >= 11 is 0. The predicted molar refractivity (Wildman–Crippen MR) is 89.8 cm³/mol. The van der Waals surface area contributed by atoms with E-state index in [1.54, 1.807) is 31.2 Å². The van der Waals surface area contributed by atoms with Gasteiger partial charge in [-0.2, -0.15) is 0 Å². The van der Waals surface area contributed by atoms with Gasteiger partial charge in [-0.25, -0.2) is 9.37 Å². The maximum absolute atomic E-state index is 13.7. The summed E-state index contributed by atoms with van der Waals surface area (Å²) in [5, 5.41) is 12.9. The molecule has 0 saturated carbocycles. The molecule has 1 aromatic carbocycles. The Morgan fingerprint density at radius 1 is 1.24 bits per heavy atom. The second-order valence-electron chi connectivity index (χ2n) is 5.80. The summed E-state index contributed by atoms with van der Waals surface area (Å²) < 4.78 is 19.1. The van der Waals surface area contributed by atoms with Crippen LogP contribution in [0, 0.1) is 19.7 Å². The third-order valence-corrected chi connectivity index (χ3v) is 3.73. The number of amides is 1. The molecule has 6 heteroatoms. The molecule has 0 aliphatic carbocycles. The van der Waals surface area contributed by atoms with E-state index in [2.05, 4.69) is 10.3 Å². The number of carbonyl (C=O) groups is 1. The van der Waals surface area contributed by atoms with Gasteiger partial charge in [0.25, 0.3) is 5.91 Å². The fourth-order valence-electron chi connectivity index (χ4n) is 2.54. The molecule has 5 nitrogen and oxygen atoms in total. The first-order chi connectivity index (χ1) is 11.9. The van der Waals surface area contributed by atoms with Gasteiger partial charge in [0.15, 0.2) is 0 Å². The van der Waals surface area contributed by atoms with Crippen LogP contribution < -0.4 is 5.32 Å². The topological polar surface area (TPSA) is 75.4 Å². The SMILES string of the molecule is Cc1coc([C@@H](NC(=O)c2cccc(C)n2)c2cc(F)ccc2O)c1. The van der Waals surface area contributed by atoms with Crippen LogP contribution in [0.15, 0.2) is 53.1 Å². The van der Waals surface area contributed by atoms with Gasteiger partial charge in [0.05, 0.1) is 6.26 Å². The second kappa shape index (κ2) is 6.76. The Balaban J connectivity index is 2.00. The van der Waals surface area contributed by atoms with E-state index >= 15 is 0 Å². The van der Waals surface area contributed by atoms with Gasteiger partial charge >= 0.3 is 0 Å². The van der Waals surface area contributed by atoms with Crippen molar-refractivity contribution in [1.29, 1.82) is 0 Å². The Kier molecular flexibility index (Phi) is 4.52. The molecule has 1 atom stereocenters. The molecule has 2 N–H and O–H groups in total. The number of phenols is 1. The van der Waals surface area contributed by atoms with Crippen molar-refractivity contribution >= 4 is 5.91 Å². The second-order valence-corrected chi connectivity index (χ2v) is 5.80. The van der Waals surface area contributed by atoms with Crippen molar-refractivity contribution in [2.45, 2.75) is 19.9 Å². The van der Waals surface area contributed by atoms with Crippen LogP contribution in [-0.2, 0) is 0 Å². The minimum atomic E-state index is -0.848. The number of hydrogen-bond donors (Lipinski definition) is 2. The molecule has 128 valence electrons. The number of nitrogens with one attached hydrogen (secondary N) is 1. The minimum Gasteiger partial charge on any atom is -0.508 e. The maximum atomic E-state index is 13.7. The zero-order valence-corrected chi connectivity index (χ0v) is 13.8. The average molecular weight is 340 g/mol. The maximum Gasteiger partial charge on any atom is 0.270 e. The zero-order valence-electron chi connectivity index (χ0n) is 13.8. The Morgan fingerprint density at radius 2 is 2.04 bits per heavy atom. The normalized spacial score (nSPS) is 12.0. The molecule has 2 heterocycles. The van der Waals surface area contributed by atoms with Crippen LogP contribution in [0.1, 0.15) is 39.1 Å². The lowest BCUT2D eigenvalue weighted by Gasteiger charge is -2.18. The van der Waals surface area contributed by atoms with E-state index in [1.165, 1.54) is 18.4 Å². The summed E-state index contributed by atoms with van der Waals surface area (Å²) in [4.78, 5) is 16.7. The number of benzene rings is 1. The van der Waals surface area contributed by atoms with Gasteiger partial charge in [-0.3, -0.25) is 4.79 Å². The van der Waals surface area contributed by atoms with Crippen LogP contribution >= 0.6 is 0 Å². The van der Waals surface area contributed by atoms with Gasteiger partial charge in [-0.05, 0) is 55.8 Å². The number of aromatic nitrogens is 1. The van der Waals surface area contributed by atoms with E-state index in [-0.39, 0.29) is 17.0 Å². The molecule has 0 aliphatic heterocycles. The minimum absolute atomic E-state index is 0.141. The quantitative estimate of drug-likeness (QED) is 0.760. The van der Waals surface area contributed by atoms with Crippen LogP contribution in [0.4, 0.5) is 4.39 Å². The largest absolute Gasteiger partial charge is 0.508 e. The number of phenolic OH excluding ortho intramolecular Hbond substituents is 1. The summed E-state index contributed by atoms with van der Waals surface area (Å²) in [7, 11) is 0. The van der Waals surface area contributed by atoms with Crippen LogP contribution in [0.25, 0.3) is 0 Å². The first kappa shape index (κ1) is 16.7. The molecule has 1 amide bonds. The van der Waals surface area contributed by atoms with Crippen molar-refractivity contribution in [3.63, 3.8) is 0 Å². The van der Waals surface area contributed by atoms with Crippen molar-refractivity contribution in [3.05, 3.63) is 82.8 Å². The van der Waals surface area contributed by atoms with Gasteiger partial charge in [-0.1, -0.05) is 6.07 Å². The molecule has 2 aromatic heterocycles. The van der Waals surface area contributed by atoms with Crippen LogP contribution in [0.2, 0.25) is 0 Å². The average Bonchev–Trinajstić information content (AvgIpc) is 3.01. The molecule has 25 heavy (non-hydrogen) atoms. The number of furan rings is 1. The number of nitrogens with zero attached hydrogens (tertiary/aromatic N) is 1. The Morgan fingerprint density at radius 3 is 2.72 bits per heavy atom. The molecular weight excluding hydrogens is 323 g/mol. The summed E-state index contributed by atoms with van der Waals surface area (Å²) in [6, 6.07) is 9.52. The van der Waals surface area contributed by atoms with Gasteiger partial charge in [0.1, 0.15) is 29.1 Å². The molecule has 0 saturated heterocycles. The highest BCUT2D eigenvalue weighted by Gasteiger charge is 2.24. The Hall–Kier alpha value is -3.15. The van der Waals surface area contributed by atoms with Crippen LogP contribution in [-0.4, -0.2) is 16.0 Å². The Labute approximate surface area is 144 Å². The fourth-order valence-corrected chi connectivity index (χ4v) is 2.54. The van der Waals surface area contributed by atoms with Gasteiger partial charge in [0, 0.05) is 11.3 Å². The number of pyridine rings is 1. The Bertz CT molecular complexity index is 921. The number of aromatic hydroxyl groups is 1. The van der Waals surface area contributed by atoms with E-state index in [0.717, 1.165) is 11.6 Å². The fraction of sp³-hybridized carbons (Fsp3) is 0.158. The molecular formula is C19H17FN2O3. The molecule has 3 rings (SSSR count). The third kappa shape index (κ3) is 3.68. The van der Waals surface area contributed by atoms with E-state index in [0.29, 0.717) is 11.5 Å².